The Morgan fingerprint density at radius 2 is 1.39 bits per heavy atom. The summed E-state index contributed by atoms with van der Waals surface area (Å²) in [5.74, 6) is 0. The molecule has 3 aromatic carbocycles. The van der Waals surface area contributed by atoms with Crippen LogP contribution in [0.2, 0.25) is 0 Å². The Labute approximate surface area is 222 Å². The molecule has 38 heavy (non-hydrogen) atoms. The van der Waals surface area contributed by atoms with E-state index in [-0.39, 0.29) is 0 Å². The van der Waals surface area contributed by atoms with E-state index in [1.54, 1.807) is 6.20 Å². The van der Waals surface area contributed by atoms with Crippen molar-refractivity contribution in [2.75, 3.05) is 0 Å². The number of hydrogen-bond donors (Lipinski definition) is 0. The van der Waals surface area contributed by atoms with Crippen molar-refractivity contribution >= 4 is 53.4 Å². The minimum Gasteiger partial charge on any atom is -0.305 e. The number of nitrogens with zero attached hydrogens (tertiary/aromatic N) is 4. The molecule has 0 N–H and O–H groups in total. The summed E-state index contributed by atoms with van der Waals surface area (Å²) in [5, 5.41) is 3.67. The zero-order chi connectivity index (χ0) is 25.1. The van der Waals surface area contributed by atoms with Gasteiger partial charge in [-0.2, -0.15) is 0 Å². The van der Waals surface area contributed by atoms with Crippen molar-refractivity contribution in [1.29, 1.82) is 0 Å². The fraction of sp³-hybridized carbons (Fsp3) is 0. The predicted octanol–water partition coefficient (Wildman–Crippen LogP) is 8.67. The van der Waals surface area contributed by atoms with Gasteiger partial charge in [0.1, 0.15) is 0 Å². The molecule has 8 aromatic rings. The topological polar surface area (TPSA) is 43.6 Å². The van der Waals surface area contributed by atoms with Gasteiger partial charge in [-0.3, -0.25) is 9.97 Å². The van der Waals surface area contributed by atoms with Gasteiger partial charge < -0.3 is 4.57 Å². The molecule has 5 aromatic heterocycles. The first kappa shape index (κ1) is 21.2. The summed E-state index contributed by atoms with van der Waals surface area (Å²) in [4.78, 5) is 14.5. The van der Waals surface area contributed by atoms with Gasteiger partial charge in [-0.1, -0.05) is 54.6 Å². The number of pyridine rings is 3. The second-order valence-electron chi connectivity index (χ2n) is 9.32. The molecule has 0 spiro atoms. The van der Waals surface area contributed by atoms with Gasteiger partial charge in [-0.15, -0.1) is 11.3 Å². The van der Waals surface area contributed by atoms with Gasteiger partial charge in [0.25, 0.3) is 0 Å². The Hall–Kier alpha value is -4.87. The molecule has 0 aliphatic rings. The summed E-state index contributed by atoms with van der Waals surface area (Å²) in [6.45, 7) is 0. The predicted molar refractivity (Wildman–Crippen MR) is 158 cm³/mol. The van der Waals surface area contributed by atoms with Crippen LogP contribution in [0.15, 0.2) is 122 Å². The highest BCUT2D eigenvalue weighted by Crippen LogP contribution is 2.42. The average molecular weight is 505 g/mol. The van der Waals surface area contributed by atoms with Crippen molar-refractivity contribution in [2.45, 2.75) is 0 Å². The van der Waals surface area contributed by atoms with Crippen LogP contribution < -0.4 is 0 Å². The molecule has 0 atom stereocenters. The zero-order valence-electron chi connectivity index (χ0n) is 20.2. The van der Waals surface area contributed by atoms with Gasteiger partial charge in [-0.05, 0) is 54.6 Å². The molecule has 0 saturated heterocycles. The van der Waals surface area contributed by atoms with Crippen molar-refractivity contribution in [2.24, 2.45) is 0 Å². The van der Waals surface area contributed by atoms with Crippen molar-refractivity contribution < 1.29 is 0 Å². The van der Waals surface area contributed by atoms with Crippen LogP contribution >= 0.6 is 11.3 Å². The average Bonchev–Trinajstić information content (AvgIpc) is 3.53. The Balaban J connectivity index is 1.46. The van der Waals surface area contributed by atoms with Gasteiger partial charge in [0.05, 0.1) is 45.5 Å². The number of hydrogen-bond acceptors (Lipinski definition) is 4. The van der Waals surface area contributed by atoms with E-state index in [1.165, 1.54) is 25.7 Å². The molecule has 4 nitrogen and oxygen atoms in total. The molecule has 5 heterocycles. The van der Waals surface area contributed by atoms with Gasteiger partial charge >= 0.3 is 0 Å². The molecule has 0 aliphatic heterocycles. The summed E-state index contributed by atoms with van der Waals surface area (Å²) in [5.41, 5.74) is 8.02. The van der Waals surface area contributed by atoms with Gasteiger partial charge in [0, 0.05) is 37.3 Å². The minimum atomic E-state index is 0.853. The molecule has 8 rings (SSSR count). The quantitative estimate of drug-likeness (QED) is 0.242. The third-order valence-corrected chi connectivity index (χ3v) is 8.25. The Kier molecular flexibility index (Phi) is 4.66. The van der Waals surface area contributed by atoms with Gasteiger partial charge in [-0.25, -0.2) is 4.98 Å². The van der Waals surface area contributed by atoms with Gasteiger partial charge in [0.2, 0.25) is 0 Å². The van der Waals surface area contributed by atoms with Crippen molar-refractivity contribution in [3.05, 3.63) is 122 Å². The van der Waals surface area contributed by atoms with Crippen LogP contribution in [-0.2, 0) is 0 Å². The van der Waals surface area contributed by atoms with E-state index in [1.807, 2.05) is 47.9 Å². The molecular weight excluding hydrogens is 484 g/mol. The summed E-state index contributed by atoms with van der Waals surface area (Å²) in [7, 11) is 0. The summed E-state index contributed by atoms with van der Waals surface area (Å²) in [6, 6.07) is 37.9. The summed E-state index contributed by atoms with van der Waals surface area (Å²) < 4.78 is 4.88. The van der Waals surface area contributed by atoms with Crippen molar-refractivity contribution in [1.82, 2.24) is 19.5 Å². The number of benzene rings is 3. The standard InChI is InChI=1S/C33H20N4S/c1-2-8-21(9-3-1)25-16-17-28-32(36-25)24-14-18-30-31(23-10-4-5-12-29(23)38-30)33(24)37(28)22-13-15-27(35-20-22)26-11-6-7-19-34-26/h1-20H. The third kappa shape index (κ3) is 3.19. The zero-order valence-corrected chi connectivity index (χ0v) is 21.1. The van der Waals surface area contributed by atoms with Crippen LogP contribution in [0.3, 0.4) is 0 Å². The first-order valence-corrected chi connectivity index (χ1v) is 13.4. The molecule has 0 aliphatic carbocycles. The van der Waals surface area contributed by atoms with E-state index in [0.717, 1.165) is 44.8 Å². The van der Waals surface area contributed by atoms with Crippen molar-refractivity contribution in [3.8, 4) is 28.3 Å². The lowest BCUT2D eigenvalue weighted by Gasteiger charge is -2.10. The molecule has 5 heteroatoms. The SMILES string of the molecule is c1ccc(-c2ccc3c(n2)c2ccc4sc5ccccc5c4c2n3-c2ccc(-c3ccccn3)nc2)cc1. The van der Waals surface area contributed by atoms with Crippen LogP contribution in [0.4, 0.5) is 0 Å². The smallest absolute Gasteiger partial charge is 0.0971 e. The first-order chi connectivity index (χ1) is 18.8. The highest BCUT2D eigenvalue weighted by atomic mass is 32.1. The van der Waals surface area contributed by atoms with Crippen LogP contribution in [-0.4, -0.2) is 19.5 Å². The fourth-order valence-corrected chi connectivity index (χ4v) is 6.50. The maximum absolute atomic E-state index is 5.21. The molecule has 0 fully saturated rings. The normalized spacial score (nSPS) is 11.7. The first-order valence-electron chi connectivity index (χ1n) is 12.5. The molecular formula is C33H20N4S. The van der Waals surface area contributed by atoms with Crippen LogP contribution in [0, 0.1) is 0 Å². The monoisotopic (exact) mass is 504 g/mol. The maximum atomic E-state index is 5.21. The molecule has 0 bridgehead atoms. The number of rotatable bonds is 3. The largest absolute Gasteiger partial charge is 0.305 e. The van der Waals surface area contributed by atoms with E-state index < -0.39 is 0 Å². The molecule has 178 valence electrons. The van der Waals surface area contributed by atoms with E-state index in [9.17, 15) is 0 Å². The lowest BCUT2D eigenvalue weighted by Crippen LogP contribution is -1.96. The highest BCUT2D eigenvalue weighted by molar-refractivity contribution is 7.26. The molecule has 0 amide bonds. The lowest BCUT2D eigenvalue weighted by atomic mass is 10.1. The second-order valence-corrected chi connectivity index (χ2v) is 10.4. The Morgan fingerprint density at radius 1 is 0.579 bits per heavy atom. The summed E-state index contributed by atoms with van der Waals surface area (Å²) >= 11 is 1.83. The second kappa shape index (κ2) is 8.33. The van der Waals surface area contributed by atoms with E-state index in [4.69, 9.17) is 9.97 Å². The van der Waals surface area contributed by atoms with Crippen molar-refractivity contribution in [3.63, 3.8) is 0 Å². The number of thiophene rings is 1. The molecule has 0 unspecified atom stereocenters. The maximum Gasteiger partial charge on any atom is 0.0971 e. The van der Waals surface area contributed by atoms with E-state index in [0.29, 0.717) is 0 Å². The van der Waals surface area contributed by atoms with Crippen LogP contribution in [0.5, 0.6) is 0 Å². The minimum absolute atomic E-state index is 0.853. The summed E-state index contributed by atoms with van der Waals surface area (Å²) in [6.07, 6.45) is 3.74. The fourth-order valence-electron chi connectivity index (χ4n) is 5.39. The highest BCUT2D eigenvalue weighted by Gasteiger charge is 2.20. The molecule has 0 saturated carbocycles. The van der Waals surface area contributed by atoms with Crippen LogP contribution in [0.1, 0.15) is 0 Å². The molecule has 0 radical (unpaired) electrons. The van der Waals surface area contributed by atoms with E-state index in [2.05, 4.69) is 88.4 Å². The Bertz CT molecular complexity index is 2110. The van der Waals surface area contributed by atoms with E-state index >= 15 is 0 Å². The van der Waals surface area contributed by atoms with Crippen LogP contribution in [0.25, 0.3) is 70.4 Å². The van der Waals surface area contributed by atoms with Gasteiger partial charge in [0.15, 0.2) is 0 Å². The lowest BCUT2D eigenvalue weighted by molar-refractivity contribution is 1.14. The number of aromatic nitrogens is 4. The number of fused-ring (bicyclic) bond motifs is 7. The third-order valence-electron chi connectivity index (χ3n) is 7.11. The Morgan fingerprint density at radius 3 is 2.24 bits per heavy atom.